The van der Waals surface area contributed by atoms with Crippen LogP contribution >= 0.6 is 11.6 Å². The number of alkyl halides is 1. The van der Waals surface area contributed by atoms with Crippen molar-refractivity contribution in [2.24, 2.45) is 0 Å². The van der Waals surface area contributed by atoms with E-state index in [2.05, 4.69) is 0 Å². The molecule has 3 nitrogen and oxygen atoms in total. The maximum Gasteiger partial charge on any atom is 0.187 e. The van der Waals surface area contributed by atoms with Crippen molar-refractivity contribution in [2.45, 2.75) is 5.38 Å². The normalized spacial score (nSPS) is 19.4. The molecule has 2 rings (SSSR count). The number of hydrogen-bond acceptors (Lipinski definition) is 3. The lowest BCUT2D eigenvalue weighted by Gasteiger charge is -2.22. The van der Waals surface area contributed by atoms with Gasteiger partial charge in [0.25, 0.3) is 0 Å². The van der Waals surface area contributed by atoms with Gasteiger partial charge in [-0.2, -0.15) is 0 Å². The number of ether oxygens (including phenoxy) is 1. The number of carbonyl (C=O) groups is 1. The van der Waals surface area contributed by atoms with Gasteiger partial charge < -0.3 is 9.64 Å². The lowest BCUT2D eigenvalue weighted by atomic mass is 10.0. The molecule has 0 saturated heterocycles. The molecule has 80 valence electrons. The Morgan fingerprint density at radius 3 is 2.87 bits per heavy atom. The smallest absolute Gasteiger partial charge is 0.187 e. The van der Waals surface area contributed by atoms with Gasteiger partial charge in [-0.25, -0.2) is 0 Å². The summed E-state index contributed by atoms with van der Waals surface area (Å²) in [4.78, 5) is 13.6. The summed E-state index contributed by atoms with van der Waals surface area (Å²) >= 11 is 5.81. The maximum absolute atomic E-state index is 11.7. The zero-order valence-electron chi connectivity index (χ0n) is 8.66. The van der Waals surface area contributed by atoms with Gasteiger partial charge in [0.2, 0.25) is 0 Å². The topological polar surface area (TPSA) is 29.5 Å². The predicted octanol–water partition coefficient (Wildman–Crippen LogP) is 1.94. The lowest BCUT2D eigenvalue weighted by molar-refractivity contribution is 0.0939. The summed E-state index contributed by atoms with van der Waals surface area (Å²) in [5.41, 5.74) is 1.58. The summed E-state index contributed by atoms with van der Waals surface area (Å²) in [6.45, 7) is 0.254. The van der Waals surface area contributed by atoms with Gasteiger partial charge in [-0.3, -0.25) is 4.79 Å². The van der Waals surface area contributed by atoms with E-state index < -0.39 is 5.38 Å². The van der Waals surface area contributed by atoms with Crippen LogP contribution in [0.5, 0.6) is 5.75 Å². The maximum atomic E-state index is 11.7. The molecule has 1 heterocycles. The van der Waals surface area contributed by atoms with Crippen LogP contribution in [0.2, 0.25) is 0 Å². The van der Waals surface area contributed by atoms with Crippen LogP contribution in [0.3, 0.4) is 0 Å². The molecular formula is C11H12ClNO2. The highest BCUT2D eigenvalue weighted by molar-refractivity contribution is 6.34. The van der Waals surface area contributed by atoms with E-state index in [0.717, 1.165) is 5.69 Å². The van der Waals surface area contributed by atoms with E-state index in [4.69, 9.17) is 16.3 Å². The zero-order valence-corrected chi connectivity index (χ0v) is 9.41. The van der Waals surface area contributed by atoms with Gasteiger partial charge >= 0.3 is 0 Å². The number of benzene rings is 1. The van der Waals surface area contributed by atoms with Crippen molar-refractivity contribution in [2.75, 3.05) is 25.6 Å². The Morgan fingerprint density at radius 2 is 2.20 bits per heavy atom. The second-order valence-corrected chi connectivity index (χ2v) is 4.24. The monoisotopic (exact) mass is 225 g/mol. The Labute approximate surface area is 93.6 Å². The van der Waals surface area contributed by atoms with Crippen LogP contribution in [0.15, 0.2) is 18.2 Å². The molecule has 0 aromatic heterocycles. The number of rotatable bonds is 1. The van der Waals surface area contributed by atoms with Gasteiger partial charge in [0.15, 0.2) is 5.78 Å². The fourth-order valence-electron chi connectivity index (χ4n) is 1.52. The molecule has 1 aliphatic rings. The van der Waals surface area contributed by atoms with Gasteiger partial charge in [0.05, 0.1) is 5.56 Å². The fourth-order valence-corrected chi connectivity index (χ4v) is 1.70. The number of ketones is 1. The third-order valence-electron chi connectivity index (χ3n) is 2.42. The molecule has 1 unspecified atom stereocenters. The van der Waals surface area contributed by atoms with Gasteiger partial charge in [-0.1, -0.05) is 0 Å². The average Bonchev–Trinajstić information content (AvgIpc) is 2.23. The molecule has 4 heteroatoms. The Balaban J connectivity index is 2.43. The largest absolute Gasteiger partial charge is 0.491 e. The fraction of sp³-hybridized carbons (Fsp3) is 0.364. The second-order valence-electron chi connectivity index (χ2n) is 3.72. The molecule has 0 saturated carbocycles. The van der Waals surface area contributed by atoms with Crippen molar-refractivity contribution in [1.82, 2.24) is 0 Å². The first kappa shape index (κ1) is 10.3. The molecule has 0 aliphatic carbocycles. The van der Waals surface area contributed by atoms with Crippen molar-refractivity contribution < 1.29 is 9.53 Å². The molecule has 1 aliphatic heterocycles. The second kappa shape index (κ2) is 3.74. The number of carbonyl (C=O) groups excluding carboxylic acids is 1. The van der Waals surface area contributed by atoms with Gasteiger partial charge in [-0.05, 0) is 12.1 Å². The van der Waals surface area contributed by atoms with Crippen LogP contribution in [-0.4, -0.2) is 31.9 Å². The van der Waals surface area contributed by atoms with Crippen molar-refractivity contribution >= 4 is 23.1 Å². The summed E-state index contributed by atoms with van der Waals surface area (Å²) in [7, 11) is 3.88. The number of nitrogens with zero attached hydrogens (tertiary/aromatic N) is 1. The molecule has 0 amide bonds. The summed E-state index contributed by atoms with van der Waals surface area (Å²) in [5.74, 6) is 0.575. The molecule has 1 aromatic carbocycles. The van der Waals surface area contributed by atoms with E-state index in [1.165, 1.54) is 0 Å². The van der Waals surface area contributed by atoms with Crippen LogP contribution in [0, 0.1) is 0 Å². The molecule has 1 atom stereocenters. The summed E-state index contributed by atoms with van der Waals surface area (Å²) < 4.78 is 5.42. The highest BCUT2D eigenvalue weighted by Crippen LogP contribution is 2.30. The molecule has 0 N–H and O–H groups in total. The summed E-state index contributed by atoms with van der Waals surface area (Å²) in [5, 5.41) is -0.553. The number of fused-ring (bicyclic) bond motifs is 1. The first-order chi connectivity index (χ1) is 7.09. The number of Topliss-reactive ketones (excluding diaryl/α,β-unsaturated/α-hetero) is 1. The highest BCUT2D eigenvalue weighted by Gasteiger charge is 2.27. The standard InChI is InChI=1S/C11H12ClNO2/c1-13(2)7-3-4-8-10(5-7)15-6-9(12)11(8)14/h3-5,9H,6H2,1-2H3. The van der Waals surface area contributed by atoms with Crippen LogP contribution in [0.1, 0.15) is 10.4 Å². The van der Waals surface area contributed by atoms with Crippen LogP contribution in [0.25, 0.3) is 0 Å². The lowest BCUT2D eigenvalue weighted by Crippen LogP contribution is -2.28. The summed E-state index contributed by atoms with van der Waals surface area (Å²) in [6, 6.07) is 5.51. The predicted molar refractivity (Wildman–Crippen MR) is 60.2 cm³/mol. The van der Waals surface area contributed by atoms with Crippen molar-refractivity contribution in [1.29, 1.82) is 0 Å². The molecule has 0 radical (unpaired) electrons. The number of hydrogen-bond donors (Lipinski definition) is 0. The molecule has 0 bridgehead atoms. The van der Waals surface area contributed by atoms with Crippen molar-refractivity contribution in [3.8, 4) is 5.75 Å². The zero-order chi connectivity index (χ0) is 11.0. The number of halogens is 1. The Kier molecular flexibility index (Phi) is 2.57. The van der Waals surface area contributed by atoms with E-state index in [-0.39, 0.29) is 12.4 Å². The van der Waals surface area contributed by atoms with E-state index in [9.17, 15) is 4.79 Å². The average molecular weight is 226 g/mol. The highest BCUT2D eigenvalue weighted by atomic mass is 35.5. The minimum absolute atomic E-state index is 0.0526. The summed E-state index contributed by atoms with van der Waals surface area (Å²) in [6.07, 6.45) is 0. The van der Waals surface area contributed by atoms with Crippen LogP contribution in [-0.2, 0) is 0 Å². The van der Waals surface area contributed by atoms with E-state index in [1.54, 1.807) is 6.07 Å². The Bertz CT molecular complexity index is 404. The van der Waals surface area contributed by atoms with Gasteiger partial charge in [0.1, 0.15) is 17.7 Å². The van der Waals surface area contributed by atoms with Crippen LogP contribution < -0.4 is 9.64 Å². The van der Waals surface area contributed by atoms with Gasteiger partial charge in [0, 0.05) is 25.8 Å². The minimum atomic E-state index is -0.553. The quantitative estimate of drug-likeness (QED) is 0.684. The molecular weight excluding hydrogens is 214 g/mol. The minimum Gasteiger partial charge on any atom is -0.491 e. The van der Waals surface area contributed by atoms with Crippen molar-refractivity contribution in [3.05, 3.63) is 23.8 Å². The van der Waals surface area contributed by atoms with Crippen molar-refractivity contribution in [3.63, 3.8) is 0 Å². The van der Waals surface area contributed by atoms with E-state index in [0.29, 0.717) is 11.3 Å². The molecule has 0 spiro atoms. The van der Waals surface area contributed by atoms with Gasteiger partial charge in [-0.15, -0.1) is 11.6 Å². The van der Waals surface area contributed by atoms with E-state index >= 15 is 0 Å². The SMILES string of the molecule is CN(C)c1ccc2c(c1)OCC(Cl)C2=O. The number of anilines is 1. The third-order valence-corrected chi connectivity index (χ3v) is 2.74. The van der Waals surface area contributed by atoms with E-state index in [1.807, 2.05) is 31.1 Å². The third kappa shape index (κ3) is 1.79. The Morgan fingerprint density at radius 1 is 1.47 bits per heavy atom. The molecule has 1 aromatic rings. The molecule has 15 heavy (non-hydrogen) atoms. The molecule has 0 fully saturated rings. The Hall–Kier alpha value is -1.22. The first-order valence-electron chi connectivity index (χ1n) is 4.72. The van der Waals surface area contributed by atoms with Crippen LogP contribution in [0.4, 0.5) is 5.69 Å². The first-order valence-corrected chi connectivity index (χ1v) is 5.15.